The van der Waals surface area contributed by atoms with Gasteiger partial charge in [-0.1, -0.05) is 11.6 Å². The monoisotopic (exact) mass is 224 g/mol. The predicted octanol–water partition coefficient (Wildman–Crippen LogP) is 2.90. The molecule has 0 spiro atoms. The predicted molar refractivity (Wildman–Crippen MR) is 59.7 cm³/mol. The Labute approximate surface area is 90.7 Å². The Kier molecular flexibility index (Phi) is 1.66. The number of pyridine rings is 1. The molecule has 0 unspecified atom stereocenters. The maximum atomic E-state index is 6.12. The second-order valence-corrected chi connectivity index (χ2v) is 5.23. The van der Waals surface area contributed by atoms with Gasteiger partial charge < -0.3 is 5.73 Å². The van der Waals surface area contributed by atoms with Crippen molar-refractivity contribution >= 4 is 33.2 Å². The fourth-order valence-corrected chi connectivity index (χ4v) is 2.98. The Balaban J connectivity index is 2.25. The number of thiophene rings is 1. The van der Waals surface area contributed by atoms with Crippen LogP contribution in [-0.4, -0.2) is 4.98 Å². The molecule has 2 heterocycles. The molecule has 0 atom stereocenters. The van der Waals surface area contributed by atoms with Crippen LogP contribution in [0.5, 0.6) is 0 Å². The van der Waals surface area contributed by atoms with Crippen LogP contribution in [0.25, 0.3) is 10.2 Å². The maximum Gasteiger partial charge on any atom is 0.0828 e. The molecule has 3 rings (SSSR count). The highest BCUT2D eigenvalue weighted by Crippen LogP contribution is 2.47. The molecule has 0 aliphatic heterocycles. The van der Waals surface area contributed by atoms with Gasteiger partial charge in [-0.2, -0.15) is 0 Å². The third kappa shape index (κ3) is 1.16. The van der Waals surface area contributed by atoms with Crippen molar-refractivity contribution in [2.45, 2.75) is 18.4 Å². The molecule has 72 valence electrons. The number of rotatable bonds is 1. The summed E-state index contributed by atoms with van der Waals surface area (Å²) in [6.45, 7) is 0. The van der Waals surface area contributed by atoms with Gasteiger partial charge in [0.25, 0.3) is 0 Å². The van der Waals surface area contributed by atoms with Crippen LogP contribution in [0.2, 0.25) is 5.02 Å². The number of nitrogens with two attached hydrogens (primary N) is 1. The molecule has 0 radical (unpaired) electrons. The van der Waals surface area contributed by atoms with Crippen molar-refractivity contribution in [1.82, 2.24) is 4.98 Å². The first-order valence-corrected chi connectivity index (χ1v) is 5.72. The summed E-state index contributed by atoms with van der Waals surface area (Å²) < 4.78 is 1.06. The topological polar surface area (TPSA) is 38.9 Å². The van der Waals surface area contributed by atoms with E-state index in [0.717, 1.165) is 28.1 Å². The second kappa shape index (κ2) is 2.69. The van der Waals surface area contributed by atoms with E-state index in [1.54, 1.807) is 17.5 Å². The zero-order valence-corrected chi connectivity index (χ0v) is 9.03. The van der Waals surface area contributed by atoms with E-state index >= 15 is 0 Å². The van der Waals surface area contributed by atoms with E-state index < -0.39 is 0 Å². The largest absolute Gasteiger partial charge is 0.321 e. The van der Waals surface area contributed by atoms with E-state index in [2.05, 4.69) is 11.1 Å². The standard InChI is InChI=1S/C10H9ClN2S/c11-6-1-4-13-7-5-8(14-9(6)7)10(12)2-3-10/h1,4-5H,2-3,12H2. The Hall–Kier alpha value is -0.640. The first kappa shape index (κ1) is 8.65. The summed E-state index contributed by atoms with van der Waals surface area (Å²) in [4.78, 5) is 5.49. The van der Waals surface area contributed by atoms with Gasteiger partial charge in [-0.3, -0.25) is 4.98 Å². The van der Waals surface area contributed by atoms with Crippen LogP contribution in [0.15, 0.2) is 18.3 Å². The van der Waals surface area contributed by atoms with Gasteiger partial charge in [-0.15, -0.1) is 11.3 Å². The third-order valence-corrected chi connectivity index (χ3v) is 4.45. The zero-order chi connectivity index (χ0) is 9.76. The van der Waals surface area contributed by atoms with Crippen LogP contribution < -0.4 is 5.73 Å². The van der Waals surface area contributed by atoms with Gasteiger partial charge in [-0.05, 0) is 25.0 Å². The summed E-state index contributed by atoms with van der Waals surface area (Å²) in [5, 5.41) is 0.774. The fraction of sp³-hybridized carbons (Fsp3) is 0.300. The van der Waals surface area contributed by atoms with E-state index in [-0.39, 0.29) is 5.54 Å². The molecule has 1 saturated carbocycles. The van der Waals surface area contributed by atoms with Crippen LogP contribution in [0, 0.1) is 0 Å². The maximum absolute atomic E-state index is 6.12. The summed E-state index contributed by atoms with van der Waals surface area (Å²) in [6.07, 6.45) is 3.89. The second-order valence-electron chi connectivity index (χ2n) is 3.77. The Morgan fingerprint density at radius 1 is 1.50 bits per heavy atom. The van der Waals surface area contributed by atoms with Crippen molar-refractivity contribution in [1.29, 1.82) is 0 Å². The lowest BCUT2D eigenvalue weighted by Crippen LogP contribution is -2.16. The van der Waals surface area contributed by atoms with Crippen molar-refractivity contribution in [3.05, 3.63) is 28.2 Å². The molecule has 2 nitrogen and oxygen atoms in total. The Bertz CT molecular complexity index is 502. The van der Waals surface area contributed by atoms with Crippen LogP contribution in [-0.2, 0) is 5.54 Å². The summed E-state index contributed by atoms with van der Waals surface area (Å²) in [6, 6.07) is 3.89. The number of aromatic nitrogens is 1. The highest BCUT2D eigenvalue weighted by Gasteiger charge is 2.41. The Morgan fingerprint density at radius 3 is 2.93 bits per heavy atom. The minimum atomic E-state index is -0.0747. The molecular formula is C10H9ClN2S. The van der Waals surface area contributed by atoms with Crippen LogP contribution in [0.4, 0.5) is 0 Å². The van der Waals surface area contributed by atoms with Gasteiger partial charge in [0.15, 0.2) is 0 Å². The number of hydrogen-bond donors (Lipinski definition) is 1. The summed E-state index contributed by atoms with van der Waals surface area (Å²) >= 11 is 7.74. The van der Waals surface area contributed by atoms with Gasteiger partial charge in [0.2, 0.25) is 0 Å². The lowest BCUT2D eigenvalue weighted by molar-refractivity contribution is 0.759. The normalized spacial score (nSPS) is 18.7. The highest BCUT2D eigenvalue weighted by atomic mass is 35.5. The van der Waals surface area contributed by atoms with Crippen molar-refractivity contribution < 1.29 is 0 Å². The lowest BCUT2D eigenvalue weighted by atomic mass is 10.2. The molecule has 0 saturated heterocycles. The minimum Gasteiger partial charge on any atom is -0.321 e. The molecule has 0 bridgehead atoms. The lowest BCUT2D eigenvalue weighted by Gasteiger charge is -2.01. The summed E-state index contributed by atoms with van der Waals surface area (Å²) in [7, 11) is 0. The van der Waals surface area contributed by atoms with Crippen molar-refractivity contribution in [3.8, 4) is 0 Å². The third-order valence-electron chi connectivity index (χ3n) is 2.64. The highest BCUT2D eigenvalue weighted by molar-refractivity contribution is 7.19. The molecule has 2 aromatic heterocycles. The number of fused-ring (bicyclic) bond motifs is 1. The molecule has 1 aliphatic carbocycles. The molecule has 2 N–H and O–H groups in total. The van der Waals surface area contributed by atoms with Gasteiger partial charge in [-0.25, -0.2) is 0 Å². The number of halogens is 1. The van der Waals surface area contributed by atoms with Crippen LogP contribution >= 0.6 is 22.9 Å². The molecule has 1 aliphatic rings. The Morgan fingerprint density at radius 2 is 2.29 bits per heavy atom. The molecule has 0 amide bonds. The van der Waals surface area contributed by atoms with Crippen molar-refractivity contribution in [3.63, 3.8) is 0 Å². The van der Waals surface area contributed by atoms with Gasteiger partial charge in [0, 0.05) is 11.1 Å². The van der Waals surface area contributed by atoms with Gasteiger partial charge >= 0.3 is 0 Å². The smallest absolute Gasteiger partial charge is 0.0828 e. The molecule has 0 aromatic carbocycles. The number of nitrogens with zero attached hydrogens (tertiary/aromatic N) is 1. The van der Waals surface area contributed by atoms with Crippen LogP contribution in [0.1, 0.15) is 17.7 Å². The zero-order valence-electron chi connectivity index (χ0n) is 7.46. The minimum absolute atomic E-state index is 0.0747. The van der Waals surface area contributed by atoms with E-state index in [1.165, 1.54) is 4.88 Å². The fourth-order valence-electron chi connectivity index (χ4n) is 1.53. The number of hydrogen-bond acceptors (Lipinski definition) is 3. The van der Waals surface area contributed by atoms with E-state index in [1.807, 2.05) is 6.07 Å². The van der Waals surface area contributed by atoms with Crippen molar-refractivity contribution in [2.75, 3.05) is 0 Å². The average molecular weight is 225 g/mol. The summed E-state index contributed by atoms with van der Waals surface area (Å²) in [5.74, 6) is 0. The van der Waals surface area contributed by atoms with Gasteiger partial charge in [0.05, 0.1) is 20.8 Å². The molecule has 4 heteroatoms. The first-order chi connectivity index (χ1) is 6.69. The summed E-state index contributed by atoms with van der Waals surface area (Å²) in [5.41, 5.74) is 7.01. The first-order valence-electron chi connectivity index (χ1n) is 4.52. The molecule has 2 aromatic rings. The van der Waals surface area contributed by atoms with E-state index in [0.29, 0.717) is 0 Å². The average Bonchev–Trinajstić information content (AvgIpc) is 2.77. The van der Waals surface area contributed by atoms with Crippen molar-refractivity contribution in [2.24, 2.45) is 5.73 Å². The SMILES string of the molecule is NC1(c2cc3nccc(Cl)c3s2)CC1. The molecule has 14 heavy (non-hydrogen) atoms. The van der Waals surface area contributed by atoms with E-state index in [9.17, 15) is 0 Å². The molecule has 1 fully saturated rings. The van der Waals surface area contributed by atoms with Gasteiger partial charge in [0.1, 0.15) is 0 Å². The quantitative estimate of drug-likeness (QED) is 0.809. The molecular weight excluding hydrogens is 216 g/mol. The van der Waals surface area contributed by atoms with Crippen LogP contribution in [0.3, 0.4) is 0 Å². The van der Waals surface area contributed by atoms with E-state index in [4.69, 9.17) is 17.3 Å².